The van der Waals surface area contributed by atoms with Gasteiger partial charge < -0.3 is 4.74 Å². The quantitative estimate of drug-likeness (QED) is 0.474. The molecule has 106 valence electrons. The first-order valence-corrected chi connectivity index (χ1v) is 5.89. The van der Waals surface area contributed by atoms with Crippen LogP contribution in [-0.2, 0) is 14.3 Å². The fraction of sp³-hybridized carbons (Fsp3) is 0.364. The normalized spacial score (nSPS) is 17.8. The minimum Gasteiger partial charge on any atom is -0.464 e. The van der Waals surface area contributed by atoms with Crippen molar-refractivity contribution in [1.82, 2.24) is 10.4 Å². The first kappa shape index (κ1) is 13.7. The number of hydrogen-bond donors (Lipinski definition) is 1. The second-order valence-corrected chi connectivity index (χ2v) is 3.98. The van der Waals surface area contributed by atoms with E-state index in [1.807, 2.05) is 0 Å². The molecule has 0 saturated carbocycles. The van der Waals surface area contributed by atoms with E-state index in [4.69, 9.17) is 4.74 Å². The molecule has 1 amide bonds. The Morgan fingerprint density at radius 3 is 3.10 bits per heavy atom. The largest absolute Gasteiger partial charge is 0.464 e. The summed E-state index contributed by atoms with van der Waals surface area (Å²) < 4.78 is 4.86. The van der Waals surface area contributed by atoms with Crippen LogP contribution in [0.4, 0.5) is 11.5 Å². The second-order valence-electron chi connectivity index (χ2n) is 3.98. The maximum atomic E-state index is 11.8. The lowest BCUT2D eigenvalue weighted by Gasteiger charge is -2.22. The van der Waals surface area contributed by atoms with Gasteiger partial charge >= 0.3 is 11.7 Å². The number of ether oxygens (including phenoxy) is 1. The van der Waals surface area contributed by atoms with Gasteiger partial charge in [-0.1, -0.05) is 0 Å². The highest BCUT2D eigenvalue weighted by Crippen LogP contribution is 2.28. The molecule has 1 unspecified atom stereocenters. The zero-order chi connectivity index (χ0) is 14.7. The number of amides is 1. The molecule has 1 atom stereocenters. The van der Waals surface area contributed by atoms with E-state index in [0.29, 0.717) is 0 Å². The molecule has 2 rings (SSSR count). The number of hydrazine groups is 1. The highest BCUT2D eigenvalue weighted by Gasteiger charge is 2.40. The molecular weight excluding hydrogens is 268 g/mol. The summed E-state index contributed by atoms with van der Waals surface area (Å²) in [6.45, 7) is 1.79. The molecule has 0 aliphatic carbocycles. The van der Waals surface area contributed by atoms with Crippen molar-refractivity contribution in [1.29, 1.82) is 0 Å². The Kier molecular flexibility index (Phi) is 3.78. The smallest absolute Gasteiger partial charge is 0.331 e. The van der Waals surface area contributed by atoms with Crippen molar-refractivity contribution in [3.05, 3.63) is 28.4 Å². The topological polar surface area (TPSA) is 115 Å². The van der Waals surface area contributed by atoms with Crippen molar-refractivity contribution in [2.45, 2.75) is 19.4 Å². The number of carbonyl (C=O) groups excluding carboxylic acids is 2. The van der Waals surface area contributed by atoms with Crippen molar-refractivity contribution in [3.8, 4) is 0 Å². The van der Waals surface area contributed by atoms with Crippen LogP contribution in [0.15, 0.2) is 18.3 Å². The van der Waals surface area contributed by atoms with E-state index in [-0.39, 0.29) is 24.5 Å². The summed E-state index contributed by atoms with van der Waals surface area (Å²) in [5.74, 6) is -1.16. The molecule has 9 nitrogen and oxygen atoms in total. The standard InChI is InChI=1S/C11H12N4O5/c1-2-20-11(17)8-6-9(16)13-14(8)10-7(15(18)19)4-3-5-12-10/h3-5,8H,2,6H2,1H3,(H,13,16). The monoisotopic (exact) mass is 280 g/mol. The van der Waals surface area contributed by atoms with Gasteiger partial charge in [-0.2, -0.15) is 0 Å². The van der Waals surface area contributed by atoms with Crippen LogP contribution in [0.5, 0.6) is 0 Å². The minimum atomic E-state index is -0.962. The zero-order valence-corrected chi connectivity index (χ0v) is 10.6. The summed E-state index contributed by atoms with van der Waals surface area (Å²) >= 11 is 0. The molecule has 0 aromatic carbocycles. The van der Waals surface area contributed by atoms with E-state index < -0.39 is 22.8 Å². The molecule has 2 heterocycles. The van der Waals surface area contributed by atoms with Crippen LogP contribution in [0.2, 0.25) is 0 Å². The van der Waals surface area contributed by atoms with Gasteiger partial charge in [0.15, 0.2) is 6.04 Å². The van der Waals surface area contributed by atoms with Crippen LogP contribution in [0, 0.1) is 10.1 Å². The van der Waals surface area contributed by atoms with E-state index >= 15 is 0 Å². The Balaban J connectivity index is 2.37. The molecule has 9 heteroatoms. The molecule has 1 aromatic heterocycles. The number of hydrogen-bond acceptors (Lipinski definition) is 7. The number of nitro groups is 1. The zero-order valence-electron chi connectivity index (χ0n) is 10.6. The molecule has 0 bridgehead atoms. The number of carbonyl (C=O) groups is 2. The molecule has 1 aliphatic rings. The van der Waals surface area contributed by atoms with Gasteiger partial charge in [0, 0.05) is 12.3 Å². The first-order valence-electron chi connectivity index (χ1n) is 5.89. The van der Waals surface area contributed by atoms with Gasteiger partial charge in [0.25, 0.3) is 0 Å². The van der Waals surface area contributed by atoms with Crippen LogP contribution in [0.3, 0.4) is 0 Å². The van der Waals surface area contributed by atoms with Gasteiger partial charge in [-0.3, -0.25) is 20.3 Å². The van der Waals surface area contributed by atoms with Crippen LogP contribution < -0.4 is 10.4 Å². The number of esters is 1. The molecule has 1 saturated heterocycles. The third kappa shape index (κ3) is 2.51. The lowest BCUT2D eigenvalue weighted by Crippen LogP contribution is -2.44. The molecule has 1 aliphatic heterocycles. The van der Waals surface area contributed by atoms with E-state index in [1.165, 1.54) is 18.3 Å². The average molecular weight is 280 g/mol. The predicted octanol–water partition coefficient (Wildman–Crippen LogP) is 0.163. The Labute approximate surface area is 113 Å². The van der Waals surface area contributed by atoms with Gasteiger partial charge in [0.05, 0.1) is 18.0 Å². The third-order valence-corrected chi connectivity index (χ3v) is 2.69. The fourth-order valence-corrected chi connectivity index (χ4v) is 1.87. The highest BCUT2D eigenvalue weighted by atomic mass is 16.6. The van der Waals surface area contributed by atoms with E-state index in [9.17, 15) is 19.7 Å². The first-order chi connectivity index (χ1) is 9.54. The number of rotatable bonds is 4. The molecule has 1 fully saturated rings. The fourth-order valence-electron chi connectivity index (χ4n) is 1.87. The molecule has 20 heavy (non-hydrogen) atoms. The van der Waals surface area contributed by atoms with E-state index in [2.05, 4.69) is 10.4 Å². The van der Waals surface area contributed by atoms with E-state index in [0.717, 1.165) is 5.01 Å². The van der Waals surface area contributed by atoms with Crippen molar-refractivity contribution in [2.24, 2.45) is 0 Å². The van der Waals surface area contributed by atoms with E-state index in [1.54, 1.807) is 6.92 Å². The Morgan fingerprint density at radius 2 is 2.45 bits per heavy atom. The Morgan fingerprint density at radius 1 is 1.70 bits per heavy atom. The molecule has 0 radical (unpaired) electrons. The number of aromatic nitrogens is 1. The third-order valence-electron chi connectivity index (χ3n) is 2.69. The lowest BCUT2D eigenvalue weighted by molar-refractivity contribution is -0.384. The lowest BCUT2D eigenvalue weighted by atomic mass is 10.2. The summed E-state index contributed by atoms with van der Waals surface area (Å²) in [6.07, 6.45) is 1.21. The number of pyridine rings is 1. The van der Waals surface area contributed by atoms with Crippen LogP contribution >= 0.6 is 0 Å². The second kappa shape index (κ2) is 5.51. The summed E-state index contributed by atoms with van der Waals surface area (Å²) in [4.78, 5) is 37.5. The van der Waals surface area contributed by atoms with Crippen molar-refractivity contribution in [3.63, 3.8) is 0 Å². The average Bonchev–Trinajstić information content (AvgIpc) is 2.81. The Bertz CT molecular complexity index is 561. The SMILES string of the molecule is CCOC(=O)C1CC(=O)NN1c1ncccc1[N+](=O)[O-]. The van der Waals surface area contributed by atoms with Crippen molar-refractivity contribution < 1.29 is 19.2 Å². The number of nitrogens with one attached hydrogen (secondary N) is 1. The van der Waals surface area contributed by atoms with Gasteiger partial charge in [-0.25, -0.2) is 14.8 Å². The Hall–Kier alpha value is -2.71. The van der Waals surface area contributed by atoms with Crippen LogP contribution in [0.25, 0.3) is 0 Å². The summed E-state index contributed by atoms with van der Waals surface area (Å²) in [5.41, 5.74) is 2.08. The predicted molar refractivity (Wildman–Crippen MR) is 66.6 cm³/mol. The molecular formula is C11H12N4O5. The summed E-state index contributed by atoms with van der Waals surface area (Å²) in [6, 6.07) is 1.68. The highest BCUT2D eigenvalue weighted by molar-refractivity contribution is 5.93. The van der Waals surface area contributed by atoms with Gasteiger partial charge in [0.2, 0.25) is 11.7 Å². The number of nitrogens with zero attached hydrogens (tertiary/aromatic N) is 3. The van der Waals surface area contributed by atoms with Gasteiger partial charge in [-0.15, -0.1) is 0 Å². The van der Waals surface area contributed by atoms with Crippen molar-refractivity contribution in [2.75, 3.05) is 11.6 Å². The molecule has 0 spiro atoms. The molecule has 1 aromatic rings. The molecule has 1 N–H and O–H groups in total. The van der Waals surface area contributed by atoms with Gasteiger partial charge in [0.1, 0.15) is 0 Å². The number of anilines is 1. The van der Waals surface area contributed by atoms with Gasteiger partial charge in [-0.05, 0) is 13.0 Å². The minimum absolute atomic E-state index is 0.0959. The van der Waals surface area contributed by atoms with Crippen LogP contribution in [0.1, 0.15) is 13.3 Å². The maximum absolute atomic E-state index is 11.8. The maximum Gasteiger partial charge on any atom is 0.331 e. The van der Waals surface area contributed by atoms with Crippen LogP contribution in [-0.4, -0.2) is 34.4 Å². The van der Waals surface area contributed by atoms with Crippen molar-refractivity contribution >= 4 is 23.4 Å². The summed E-state index contributed by atoms with van der Waals surface area (Å²) in [5, 5.41) is 12.1. The summed E-state index contributed by atoms with van der Waals surface area (Å²) in [7, 11) is 0.